The summed E-state index contributed by atoms with van der Waals surface area (Å²) in [6.45, 7) is 8.52. The standard InChI is InChI=1S/C15H25NO/c1-4-10-16-14(11-13(2)3)12-17-15-8-6-5-7-9-15/h5-9,13-14,16H,4,10-12H2,1-3H3. The average molecular weight is 235 g/mol. The Bertz CT molecular complexity index is 284. The predicted octanol–water partition coefficient (Wildman–Crippen LogP) is 3.48. The highest BCUT2D eigenvalue weighted by atomic mass is 16.5. The van der Waals surface area contributed by atoms with Crippen LogP contribution in [-0.4, -0.2) is 19.2 Å². The Labute approximate surface area is 105 Å². The van der Waals surface area contributed by atoms with Gasteiger partial charge in [-0.3, -0.25) is 0 Å². The first-order valence-electron chi connectivity index (χ1n) is 6.63. The quantitative estimate of drug-likeness (QED) is 0.745. The molecule has 0 fully saturated rings. The summed E-state index contributed by atoms with van der Waals surface area (Å²) in [5, 5.41) is 3.55. The molecule has 96 valence electrons. The number of benzene rings is 1. The van der Waals surface area contributed by atoms with Crippen molar-refractivity contribution in [1.29, 1.82) is 0 Å². The van der Waals surface area contributed by atoms with Crippen LogP contribution in [0.3, 0.4) is 0 Å². The fourth-order valence-corrected chi connectivity index (χ4v) is 1.84. The van der Waals surface area contributed by atoms with Gasteiger partial charge in [0.1, 0.15) is 12.4 Å². The first kappa shape index (κ1) is 14.0. The molecule has 0 radical (unpaired) electrons. The molecule has 1 rings (SSSR count). The summed E-state index contributed by atoms with van der Waals surface area (Å²) >= 11 is 0. The van der Waals surface area contributed by atoms with Crippen LogP contribution < -0.4 is 10.1 Å². The van der Waals surface area contributed by atoms with Crippen molar-refractivity contribution >= 4 is 0 Å². The summed E-state index contributed by atoms with van der Waals surface area (Å²) in [4.78, 5) is 0. The van der Waals surface area contributed by atoms with Gasteiger partial charge in [0.2, 0.25) is 0 Å². The summed E-state index contributed by atoms with van der Waals surface area (Å²) < 4.78 is 5.80. The van der Waals surface area contributed by atoms with E-state index in [-0.39, 0.29) is 0 Å². The molecule has 0 saturated carbocycles. The molecule has 0 aliphatic rings. The van der Waals surface area contributed by atoms with Crippen molar-refractivity contribution in [2.24, 2.45) is 5.92 Å². The number of nitrogens with one attached hydrogen (secondary N) is 1. The zero-order chi connectivity index (χ0) is 12.5. The first-order valence-corrected chi connectivity index (χ1v) is 6.63. The van der Waals surface area contributed by atoms with E-state index in [1.807, 2.05) is 30.3 Å². The van der Waals surface area contributed by atoms with Gasteiger partial charge in [0, 0.05) is 6.04 Å². The lowest BCUT2D eigenvalue weighted by Gasteiger charge is -2.20. The minimum absolute atomic E-state index is 0.454. The molecule has 1 aromatic rings. The topological polar surface area (TPSA) is 21.3 Å². The lowest BCUT2D eigenvalue weighted by Crippen LogP contribution is -2.36. The molecule has 1 unspecified atom stereocenters. The Morgan fingerprint density at radius 2 is 1.88 bits per heavy atom. The Kier molecular flexibility index (Phi) is 6.71. The maximum Gasteiger partial charge on any atom is 0.119 e. The van der Waals surface area contributed by atoms with Gasteiger partial charge in [-0.05, 0) is 37.4 Å². The van der Waals surface area contributed by atoms with E-state index in [1.165, 1.54) is 6.42 Å². The first-order chi connectivity index (χ1) is 8.22. The van der Waals surface area contributed by atoms with E-state index in [0.717, 1.165) is 25.3 Å². The van der Waals surface area contributed by atoms with Crippen LogP contribution >= 0.6 is 0 Å². The number of rotatable bonds is 8. The fraction of sp³-hybridized carbons (Fsp3) is 0.600. The van der Waals surface area contributed by atoms with Gasteiger partial charge in [-0.15, -0.1) is 0 Å². The van der Waals surface area contributed by atoms with Gasteiger partial charge in [0.15, 0.2) is 0 Å². The highest BCUT2D eigenvalue weighted by Crippen LogP contribution is 2.11. The van der Waals surface area contributed by atoms with Gasteiger partial charge >= 0.3 is 0 Å². The van der Waals surface area contributed by atoms with Gasteiger partial charge in [-0.1, -0.05) is 39.0 Å². The second-order valence-electron chi connectivity index (χ2n) is 4.90. The van der Waals surface area contributed by atoms with Crippen LogP contribution in [0.1, 0.15) is 33.6 Å². The van der Waals surface area contributed by atoms with E-state index in [2.05, 4.69) is 26.1 Å². The van der Waals surface area contributed by atoms with Crippen molar-refractivity contribution < 1.29 is 4.74 Å². The molecule has 0 aromatic heterocycles. The van der Waals surface area contributed by atoms with E-state index >= 15 is 0 Å². The Morgan fingerprint density at radius 3 is 2.47 bits per heavy atom. The van der Waals surface area contributed by atoms with Crippen LogP contribution in [0.15, 0.2) is 30.3 Å². The van der Waals surface area contributed by atoms with E-state index < -0.39 is 0 Å². The van der Waals surface area contributed by atoms with Crippen LogP contribution in [0.4, 0.5) is 0 Å². The molecule has 1 atom stereocenters. The van der Waals surface area contributed by atoms with Crippen LogP contribution in [0.5, 0.6) is 5.75 Å². The minimum atomic E-state index is 0.454. The fourth-order valence-electron chi connectivity index (χ4n) is 1.84. The van der Waals surface area contributed by atoms with Crippen molar-refractivity contribution in [3.63, 3.8) is 0 Å². The van der Waals surface area contributed by atoms with Crippen molar-refractivity contribution in [2.45, 2.75) is 39.7 Å². The molecule has 2 heteroatoms. The highest BCUT2D eigenvalue weighted by molar-refractivity contribution is 5.20. The molecule has 0 amide bonds. The monoisotopic (exact) mass is 235 g/mol. The van der Waals surface area contributed by atoms with Crippen LogP contribution in [0, 0.1) is 5.92 Å². The molecule has 0 heterocycles. The normalized spacial score (nSPS) is 12.7. The molecular weight excluding hydrogens is 210 g/mol. The van der Waals surface area contributed by atoms with Crippen molar-refractivity contribution in [2.75, 3.05) is 13.2 Å². The van der Waals surface area contributed by atoms with E-state index in [1.54, 1.807) is 0 Å². The third kappa shape index (κ3) is 6.32. The average Bonchev–Trinajstić information content (AvgIpc) is 2.33. The van der Waals surface area contributed by atoms with Crippen molar-refractivity contribution in [3.8, 4) is 5.75 Å². The number of ether oxygens (including phenoxy) is 1. The number of para-hydroxylation sites is 1. The van der Waals surface area contributed by atoms with Gasteiger partial charge in [-0.25, -0.2) is 0 Å². The maximum absolute atomic E-state index is 5.80. The third-order valence-electron chi connectivity index (χ3n) is 2.63. The second-order valence-corrected chi connectivity index (χ2v) is 4.90. The zero-order valence-electron chi connectivity index (χ0n) is 11.3. The second kappa shape index (κ2) is 8.13. The summed E-state index contributed by atoms with van der Waals surface area (Å²) in [6.07, 6.45) is 2.33. The lowest BCUT2D eigenvalue weighted by molar-refractivity contribution is 0.244. The van der Waals surface area contributed by atoms with Gasteiger partial charge in [0.25, 0.3) is 0 Å². The maximum atomic E-state index is 5.80. The summed E-state index contributed by atoms with van der Waals surface area (Å²) in [5.74, 6) is 1.66. The van der Waals surface area contributed by atoms with E-state index in [0.29, 0.717) is 12.0 Å². The molecule has 1 N–H and O–H groups in total. The molecule has 0 aliphatic carbocycles. The minimum Gasteiger partial charge on any atom is -0.492 e. The van der Waals surface area contributed by atoms with Crippen LogP contribution in [0.25, 0.3) is 0 Å². The predicted molar refractivity (Wildman–Crippen MR) is 73.5 cm³/mol. The van der Waals surface area contributed by atoms with Gasteiger partial charge < -0.3 is 10.1 Å². The molecule has 0 saturated heterocycles. The Hall–Kier alpha value is -1.02. The molecule has 0 bridgehead atoms. The Morgan fingerprint density at radius 1 is 1.18 bits per heavy atom. The summed E-state index contributed by atoms with van der Waals surface area (Å²) in [7, 11) is 0. The number of hydrogen-bond donors (Lipinski definition) is 1. The van der Waals surface area contributed by atoms with Crippen LogP contribution in [0.2, 0.25) is 0 Å². The summed E-state index contributed by atoms with van der Waals surface area (Å²) in [6, 6.07) is 10.5. The molecule has 17 heavy (non-hydrogen) atoms. The molecular formula is C15H25NO. The van der Waals surface area contributed by atoms with E-state index in [4.69, 9.17) is 4.74 Å². The van der Waals surface area contributed by atoms with Crippen molar-refractivity contribution in [3.05, 3.63) is 30.3 Å². The molecule has 0 aliphatic heterocycles. The van der Waals surface area contributed by atoms with Crippen molar-refractivity contribution in [1.82, 2.24) is 5.32 Å². The molecule has 0 spiro atoms. The smallest absolute Gasteiger partial charge is 0.119 e. The molecule has 1 aromatic carbocycles. The molecule has 2 nitrogen and oxygen atoms in total. The van der Waals surface area contributed by atoms with Gasteiger partial charge in [0.05, 0.1) is 0 Å². The highest BCUT2D eigenvalue weighted by Gasteiger charge is 2.10. The van der Waals surface area contributed by atoms with Gasteiger partial charge in [-0.2, -0.15) is 0 Å². The van der Waals surface area contributed by atoms with Crippen LogP contribution in [-0.2, 0) is 0 Å². The zero-order valence-corrected chi connectivity index (χ0v) is 11.3. The lowest BCUT2D eigenvalue weighted by atomic mass is 10.0. The number of hydrogen-bond acceptors (Lipinski definition) is 2. The van der Waals surface area contributed by atoms with E-state index in [9.17, 15) is 0 Å². The Balaban J connectivity index is 2.37. The largest absolute Gasteiger partial charge is 0.492 e. The SMILES string of the molecule is CCCNC(COc1ccccc1)CC(C)C. The third-order valence-corrected chi connectivity index (χ3v) is 2.63. The summed E-state index contributed by atoms with van der Waals surface area (Å²) in [5.41, 5.74) is 0.